The largest absolute Gasteiger partial charge is 0.487 e. The maximum Gasteiger partial charge on any atom is 0.142 e. The van der Waals surface area contributed by atoms with Gasteiger partial charge in [-0.1, -0.05) is 25.8 Å². The third-order valence-corrected chi connectivity index (χ3v) is 3.77. The summed E-state index contributed by atoms with van der Waals surface area (Å²) >= 11 is 0. The molecule has 0 radical (unpaired) electrons. The molecule has 1 aliphatic heterocycles. The summed E-state index contributed by atoms with van der Waals surface area (Å²) in [4.78, 5) is 0. The molecule has 2 N–H and O–H groups in total. The molecule has 0 aliphatic carbocycles. The van der Waals surface area contributed by atoms with E-state index in [-0.39, 0.29) is 6.10 Å². The molecular weight excluding hydrogens is 248 g/mol. The van der Waals surface area contributed by atoms with E-state index in [1.807, 2.05) is 0 Å². The van der Waals surface area contributed by atoms with Gasteiger partial charge in [-0.05, 0) is 50.9 Å². The maximum absolute atomic E-state index is 5.81. The van der Waals surface area contributed by atoms with Crippen LogP contribution in [0.2, 0.25) is 0 Å². The van der Waals surface area contributed by atoms with Gasteiger partial charge in [0.2, 0.25) is 0 Å². The molecule has 0 amide bonds. The molecule has 2 unspecified atom stereocenters. The Labute approximate surface area is 123 Å². The zero-order chi connectivity index (χ0) is 14.4. The quantitative estimate of drug-likeness (QED) is 0.747. The molecule has 0 fully saturated rings. The monoisotopic (exact) mass is 276 g/mol. The molecule has 3 heteroatoms. The lowest BCUT2D eigenvalue weighted by Gasteiger charge is -2.25. The molecule has 0 spiro atoms. The Morgan fingerprint density at radius 1 is 1.40 bits per heavy atom. The summed E-state index contributed by atoms with van der Waals surface area (Å²) in [5.41, 5.74) is 2.50. The number of unbranched alkanes of at least 4 members (excludes halogenated alkanes) is 2. The third kappa shape index (κ3) is 4.41. The van der Waals surface area contributed by atoms with Crippen molar-refractivity contribution in [2.24, 2.45) is 0 Å². The van der Waals surface area contributed by atoms with Crippen molar-refractivity contribution in [1.82, 2.24) is 5.32 Å². The smallest absolute Gasteiger partial charge is 0.142 e. The number of hydrogen-bond donors (Lipinski definition) is 2. The van der Waals surface area contributed by atoms with E-state index >= 15 is 0 Å². The van der Waals surface area contributed by atoms with Gasteiger partial charge in [0.1, 0.15) is 11.9 Å². The van der Waals surface area contributed by atoms with Crippen molar-refractivity contribution in [3.63, 3.8) is 0 Å². The highest BCUT2D eigenvalue weighted by atomic mass is 16.5. The van der Waals surface area contributed by atoms with Crippen molar-refractivity contribution in [2.75, 3.05) is 18.4 Å². The topological polar surface area (TPSA) is 33.3 Å². The van der Waals surface area contributed by atoms with Gasteiger partial charge in [0.15, 0.2) is 0 Å². The van der Waals surface area contributed by atoms with Gasteiger partial charge in [-0.25, -0.2) is 0 Å². The van der Waals surface area contributed by atoms with Gasteiger partial charge >= 0.3 is 0 Å². The first-order chi connectivity index (χ1) is 9.69. The minimum absolute atomic E-state index is 0.257. The Hall–Kier alpha value is -1.22. The van der Waals surface area contributed by atoms with E-state index in [9.17, 15) is 0 Å². The highest BCUT2D eigenvalue weighted by molar-refractivity contribution is 5.59. The molecule has 1 aromatic carbocycles. The summed E-state index contributed by atoms with van der Waals surface area (Å²) in [5, 5.41) is 7.04. The number of nitrogens with one attached hydrogen (secondary N) is 2. The molecule has 3 nitrogen and oxygen atoms in total. The Kier molecular flexibility index (Phi) is 5.72. The molecule has 112 valence electrons. The average Bonchev–Trinajstić information content (AvgIpc) is 2.44. The predicted octanol–water partition coefficient (Wildman–Crippen LogP) is 3.59. The Balaban J connectivity index is 1.84. The minimum atomic E-state index is 0.257. The first-order valence-corrected chi connectivity index (χ1v) is 7.96. The second-order valence-electron chi connectivity index (χ2n) is 5.91. The Bertz CT molecular complexity index is 419. The second kappa shape index (κ2) is 7.53. The van der Waals surface area contributed by atoms with Crippen LogP contribution in [0.5, 0.6) is 5.75 Å². The highest BCUT2D eigenvalue weighted by Gasteiger charge is 2.15. The molecule has 1 aliphatic rings. The van der Waals surface area contributed by atoms with Crippen LogP contribution in [0.3, 0.4) is 0 Å². The van der Waals surface area contributed by atoms with E-state index in [1.165, 1.54) is 24.8 Å². The number of fused-ring (bicyclic) bond motifs is 1. The van der Waals surface area contributed by atoms with Gasteiger partial charge in [0.25, 0.3) is 0 Å². The maximum atomic E-state index is 5.81. The van der Waals surface area contributed by atoms with Crippen molar-refractivity contribution in [3.8, 4) is 5.75 Å². The van der Waals surface area contributed by atoms with Gasteiger partial charge in [-0.3, -0.25) is 0 Å². The van der Waals surface area contributed by atoms with E-state index in [1.54, 1.807) is 0 Å². The zero-order valence-electron chi connectivity index (χ0n) is 13.0. The molecule has 20 heavy (non-hydrogen) atoms. The van der Waals surface area contributed by atoms with Crippen molar-refractivity contribution in [2.45, 2.75) is 58.6 Å². The second-order valence-corrected chi connectivity index (χ2v) is 5.91. The lowest BCUT2D eigenvalue weighted by Crippen LogP contribution is -2.29. The first kappa shape index (κ1) is 15.2. The van der Waals surface area contributed by atoms with Crippen molar-refractivity contribution >= 4 is 5.69 Å². The van der Waals surface area contributed by atoms with Crippen LogP contribution in [-0.4, -0.2) is 25.2 Å². The molecule has 0 saturated heterocycles. The molecule has 2 rings (SSSR count). The van der Waals surface area contributed by atoms with Crippen LogP contribution in [0, 0.1) is 0 Å². The molecular formula is C17H28N2O. The lowest BCUT2D eigenvalue weighted by molar-refractivity contribution is 0.226. The van der Waals surface area contributed by atoms with Crippen LogP contribution in [0.4, 0.5) is 5.69 Å². The standard InChI is InChI=1S/C17H28N2O/c1-4-5-6-9-18-13(2)10-15-7-8-17-16(11-15)19-12-14(3)20-17/h7-8,11,13-14,18-19H,4-6,9-10,12H2,1-3H3. The summed E-state index contributed by atoms with van der Waals surface area (Å²) < 4.78 is 5.81. The number of benzene rings is 1. The third-order valence-electron chi connectivity index (χ3n) is 3.77. The van der Waals surface area contributed by atoms with E-state index in [2.05, 4.69) is 49.6 Å². The first-order valence-electron chi connectivity index (χ1n) is 7.96. The fourth-order valence-corrected chi connectivity index (χ4v) is 2.61. The molecule has 2 atom stereocenters. The van der Waals surface area contributed by atoms with Crippen LogP contribution < -0.4 is 15.4 Å². The normalized spacial score (nSPS) is 18.9. The highest BCUT2D eigenvalue weighted by Crippen LogP contribution is 2.30. The fourth-order valence-electron chi connectivity index (χ4n) is 2.61. The summed E-state index contributed by atoms with van der Waals surface area (Å²) in [6.07, 6.45) is 5.20. The minimum Gasteiger partial charge on any atom is -0.487 e. The summed E-state index contributed by atoms with van der Waals surface area (Å²) in [6, 6.07) is 7.03. The van der Waals surface area contributed by atoms with Gasteiger partial charge < -0.3 is 15.4 Å². The van der Waals surface area contributed by atoms with Crippen molar-refractivity contribution in [3.05, 3.63) is 23.8 Å². The van der Waals surface area contributed by atoms with Crippen LogP contribution in [0.1, 0.15) is 45.6 Å². The SMILES string of the molecule is CCCCCNC(C)Cc1ccc2c(c1)NCC(C)O2. The van der Waals surface area contributed by atoms with Crippen LogP contribution >= 0.6 is 0 Å². The van der Waals surface area contributed by atoms with Gasteiger partial charge in [-0.15, -0.1) is 0 Å². The van der Waals surface area contributed by atoms with Crippen LogP contribution in [0.15, 0.2) is 18.2 Å². The van der Waals surface area contributed by atoms with E-state index < -0.39 is 0 Å². The van der Waals surface area contributed by atoms with Crippen LogP contribution in [0.25, 0.3) is 0 Å². The Morgan fingerprint density at radius 2 is 2.25 bits per heavy atom. The summed E-state index contributed by atoms with van der Waals surface area (Å²) in [7, 11) is 0. The molecule has 1 heterocycles. The number of anilines is 1. The van der Waals surface area contributed by atoms with Crippen LogP contribution in [-0.2, 0) is 6.42 Å². The van der Waals surface area contributed by atoms with Crippen molar-refractivity contribution in [1.29, 1.82) is 0 Å². The molecule has 0 saturated carbocycles. The van der Waals surface area contributed by atoms with Gasteiger partial charge in [0.05, 0.1) is 12.2 Å². The fraction of sp³-hybridized carbons (Fsp3) is 0.647. The van der Waals surface area contributed by atoms with E-state index in [4.69, 9.17) is 4.74 Å². The number of ether oxygens (including phenoxy) is 1. The average molecular weight is 276 g/mol. The summed E-state index contributed by atoms with van der Waals surface area (Å²) in [5.74, 6) is 0.982. The molecule has 0 bridgehead atoms. The van der Waals surface area contributed by atoms with Gasteiger partial charge in [0, 0.05) is 6.04 Å². The Morgan fingerprint density at radius 3 is 3.05 bits per heavy atom. The van der Waals surface area contributed by atoms with Gasteiger partial charge in [-0.2, -0.15) is 0 Å². The van der Waals surface area contributed by atoms with E-state index in [0.29, 0.717) is 6.04 Å². The predicted molar refractivity (Wildman–Crippen MR) is 85.7 cm³/mol. The number of hydrogen-bond acceptors (Lipinski definition) is 3. The zero-order valence-corrected chi connectivity index (χ0v) is 13.0. The molecule has 1 aromatic rings. The lowest BCUT2D eigenvalue weighted by atomic mass is 10.0. The van der Waals surface area contributed by atoms with E-state index in [0.717, 1.165) is 30.9 Å². The van der Waals surface area contributed by atoms with Crippen molar-refractivity contribution < 1.29 is 4.74 Å². The number of rotatable bonds is 7. The summed E-state index contributed by atoms with van der Waals surface area (Å²) in [6.45, 7) is 8.61. The molecule has 0 aromatic heterocycles.